The smallest absolute Gasteiger partial charge is 0.257 e. The molecule has 138 valence electrons. The van der Waals surface area contributed by atoms with E-state index in [1.54, 1.807) is 29.5 Å². The van der Waals surface area contributed by atoms with Gasteiger partial charge < -0.3 is 10.2 Å². The number of piperazine rings is 1. The van der Waals surface area contributed by atoms with Gasteiger partial charge in [-0.1, -0.05) is 31.2 Å². The number of carbonyl (C=O) groups excluding carboxylic acids is 1. The number of amides is 1. The average molecular weight is 361 g/mol. The summed E-state index contributed by atoms with van der Waals surface area (Å²) in [5.41, 5.74) is 3.89. The molecule has 0 radical (unpaired) electrons. The molecule has 1 aliphatic rings. The number of hydrogen-bond acceptors (Lipinski definition) is 4. The van der Waals surface area contributed by atoms with E-state index in [4.69, 9.17) is 0 Å². The number of nitrogens with one attached hydrogen (secondary N) is 1. The molecule has 1 atom stereocenters. The Morgan fingerprint density at radius 1 is 1.22 bits per heavy atom. The first-order valence-electron chi connectivity index (χ1n) is 9.32. The molecule has 1 N–H and O–H groups in total. The first-order valence-corrected chi connectivity index (χ1v) is 9.32. The minimum Gasteiger partial charge on any atom is -0.329 e. The number of benzene rings is 1. The van der Waals surface area contributed by atoms with Crippen LogP contribution in [0.1, 0.15) is 34.5 Å². The molecule has 3 aromatic rings. The van der Waals surface area contributed by atoms with E-state index >= 15 is 0 Å². The van der Waals surface area contributed by atoms with Gasteiger partial charge >= 0.3 is 0 Å². The molecule has 1 aromatic carbocycles. The van der Waals surface area contributed by atoms with Gasteiger partial charge in [-0.15, -0.1) is 0 Å². The van der Waals surface area contributed by atoms with E-state index in [0.29, 0.717) is 12.1 Å². The fourth-order valence-electron chi connectivity index (χ4n) is 3.45. The summed E-state index contributed by atoms with van der Waals surface area (Å²) in [5.74, 6) is 0.0104. The second kappa shape index (κ2) is 7.72. The Balaban J connectivity index is 1.58. The van der Waals surface area contributed by atoms with E-state index in [9.17, 15) is 4.79 Å². The van der Waals surface area contributed by atoms with Crippen LogP contribution in [0.15, 0.2) is 61.2 Å². The number of pyridine rings is 1. The fraction of sp³-hybridized carbons (Fsp3) is 0.286. The van der Waals surface area contributed by atoms with Crippen molar-refractivity contribution in [3.8, 4) is 5.69 Å². The van der Waals surface area contributed by atoms with Crippen LogP contribution < -0.4 is 5.32 Å². The molecule has 1 aliphatic heterocycles. The number of aromatic nitrogens is 3. The molecule has 4 rings (SSSR count). The predicted molar refractivity (Wildman–Crippen MR) is 104 cm³/mol. The Bertz CT molecular complexity index is 904. The highest BCUT2D eigenvalue weighted by Gasteiger charge is 2.29. The van der Waals surface area contributed by atoms with Crippen molar-refractivity contribution in [2.75, 3.05) is 19.6 Å². The number of aryl methyl sites for hydroxylation is 1. The van der Waals surface area contributed by atoms with Crippen molar-refractivity contribution in [3.63, 3.8) is 0 Å². The number of nitrogens with zero attached hydrogens (tertiary/aromatic N) is 4. The van der Waals surface area contributed by atoms with Crippen molar-refractivity contribution < 1.29 is 4.79 Å². The van der Waals surface area contributed by atoms with Gasteiger partial charge in [0.05, 0.1) is 29.7 Å². The summed E-state index contributed by atoms with van der Waals surface area (Å²) < 4.78 is 1.69. The third-order valence-corrected chi connectivity index (χ3v) is 5.02. The molecule has 1 fully saturated rings. The zero-order valence-electron chi connectivity index (χ0n) is 15.4. The molecule has 0 bridgehead atoms. The molecule has 1 amide bonds. The van der Waals surface area contributed by atoms with E-state index in [0.717, 1.165) is 30.8 Å². The summed E-state index contributed by atoms with van der Waals surface area (Å²) >= 11 is 0. The lowest BCUT2D eigenvalue weighted by atomic mass is 10.0. The van der Waals surface area contributed by atoms with Crippen LogP contribution in [0.25, 0.3) is 5.69 Å². The molecule has 6 nitrogen and oxygen atoms in total. The minimum absolute atomic E-state index is 0.0104. The van der Waals surface area contributed by atoms with Crippen molar-refractivity contribution in [1.82, 2.24) is 25.0 Å². The Morgan fingerprint density at radius 3 is 2.81 bits per heavy atom. The van der Waals surface area contributed by atoms with Crippen LogP contribution in [-0.4, -0.2) is 45.2 Å². The maximum atomic E-state index is 13.2. The molecule has 3 heterocycles. The van der Waals surface area contributed by atoms with E-state index in [1.807, 2.05) is 17.0 Å². The van der Waals surface area contributed by atoms with Crippen molar-refractivity contribution in [3.05, 3.63) is 77.9 Å². The van der Waals surface area contributed by atoms with Gasteiger partial charge in [-0.2, -0.15) is 5.10 Å². The fourth-order valence-corrected chi connectivity index (χ4v) is 3.45. The Kier molecular flexibility index (Phi) is 4.98. The lowest BCUT2D eigenvalue weighted by Gasteiger charge is -2.36. The highest BCUT2D eigenvalue weighted by molar-refractivity contribution is 5.94. The maximum Gasteiger partial charge on any atom is 0.257 e. The second-order valence-corrected chi connectivity index (χ2v) is 6.70. The highest BCUT2D eigenvalue weighted by atomic mass is 16.2. The zero-order chi connectivity index (χ0) is 18.6. The molecule has 1 unspecified atom stereocenters. The van der Waals surface area contributed by atoms with Gasteiger partial charge in [-0.3, -0.25) is 9.78 Å². The van der Waals surface area contributed by atoms with E-state index in [1.165, 1.54) is 5.56 Å². The standard InChI is InChI=1S/C21H23N5O/c1-2-16-5-7-17(8-6-16)20-14-23-10-11-25(20)21(27)18-12-24-26(15-18)19-4-3-9-22-13-19/h3-9,12-13,15,20,23H,2,10-11,14H2,1H3. The molecule has 0 spiro atoms. The minimum atomic E-state index is 0.0104. The molecule has 27 heavy (non-hydrogen) atoms. The number of carbonyl (C=O) groups is 1. The summed E-state index contributed by atoms with van der Waals surface area (Å²) in [7, 11) is 0. The zero-order valence-corrected chi connectivity index (χ0v) is 15.4. The molecule has 2 aromatic heterocycles. The van der Waals surface area contributed by atoms with Gasteiger partial charge in [-0.05, 0) is 29.7 Å². The van der Waals surface area contributed by atoms with Gasteiger partial charge in [0.2, 0.25) is 0 Å². The monoisotopic (exact) mass is 361 g/mol. The van der Waals surface area contributed by atoms with Crippen LogP contribution in [0.2, 0.25) is 0 Å². The van der Waals surface area contributed by atoms with Crippen LogP contribution in [0, 0.1) is 0 Å². The largest absolute Gasteiger partial charge is 0.329 e. The summed E-state index contributed by atoms with van der Waals surface area (Å²) in [5, 5.41) is 7.74. The molecule has 1 saturated heterocycles. The van der Waals surface area contributed by atoms with Gasteiger partial charge in [0.15, 0.2) is 0 Å². The Hall–Kier alpha value is -2.99. The Labute approximate surface area is 158 Å². The van der Waals surface area contributed by atoms with Crippen molar-refractivity contribution in [2.45, 2.75) is 19.4 Å². The first-order chi connectivity index (χ1) is 13.3. The average Bonchev–Trinajstić information content (AvgIpc) is 3.24. The molecule has 0 aliphatic carbocycles. The third kappa shape index (κ3) is 3.61. The summed E-state index contributed by atoms with van der Waals surface area (Å²) in [6, 6.07) is 12.4. The van der Waals surface area contributed by atoms with Crippen molar-refractivity contribution >= 4 is 5.91 Å². The lowest BCUT2D eigenvalue weighted by molar-refractivity contribution is 0.0634. The van der Waals surface area contributed by atoms with Crippen LogP contribution in [0.3, 0.4) is 0 Å². The predicted octanol–water partition coefficient (Wildman–Crippen LogP) is 2.62. The number of rotatable bonds is 4. The lowest BCUT2D eigenvalue weighted by Crippen LogP contribution is -2.48. The Morgan fingerprint density at radius 2 is 2.07 bits per heavy atom. The van der Waals surface area contributed by atoms with Crippen molar-refractivity contribution in [2.24, 2.45) is 0 Å². The SMILES string of the molecule is CCc1ccc(C2CNCCN2C(=O)c2cnn(-c3cccnc3)c2)cc1. The number of hydrogen-bond donors (Lipinski definition) is 1. The first kappa shape index (κ1) is 17.4. The van der Waals surface area contributed by atoms with E-state index in [2.05, 4.69) is 46.6 Å². The van der Waals surface area contributed by atoms with Gasteiger partial charge in [-0.25, -0.2) is 4.68 Å². The van der Waals surface area contributed by atoms with Crippen molar-refractivity contribution in [1.29, 1.82) is 0 Å². The molecular weight excluding hydrogens is 338 g/mol. The van der Waals surface area contributed by atoms with Crippen LogP contribution in [-0.2, 0) is 6.42 Å². The molecule has 6 heteroatoms. The summed E-state index contributed by atoms with van der Waals surface area (Å²) in [6.45, 7) is 4.38. The normalized spacial score (nSPS) is 17.1. The van der Waals surface area contributed by atoms with E-state index in [-0.39, 0.29) is 11.9 Å². The topological polar surface area (TPSA) is 63.1 Å². The second-order valence-electron chi connectivity index (χ2n) is 6.70. The van der Waals surface area contributed by atoms with E-state index < -0.39 is 0 Å². The summed E-state index contributed by atoms with van der Waals surface area (Å²) in [6.07, 6.45) is 7.87. The van der Waals surface area contributed by atoms with Crippen LogP contribution in [0.5, 0.6) is 0 Å². The summed E-state index contributed by atoms with van der Waals surface area (Å²) in [4.78, 5) is 19.2. The molecule has 0 saturated carbocycles. The molecular formula is C21H23N5O. The quantitative estimate of drug-likeness (QED) is 0.776. The third-order valence-electron chi connectivity index (χ3n) is 5.02. The van der Waals surface area contributed by atoms with Gasteiger partial charge in [0.25, 0.3) is 5.91 Å². The highest BCUT2D eigenvalue weighted by Crippen LogP contribution is 2.25. The van der Waals surface area contributed by atoms with Gasteiger partial charge in [0.1, 0.15) is 0 Å². The van der Waals surface area contributed by atoms with Crippen LogP contribution >= 0.6 is 0 Å². The maximum absolute atomic E-state index is 13.2. The van der Waals surface area contributed by atoms with Gasteiger partial charge in [0, 0.05) is 32.0 Å². The van der Waals surface area contributed by atoms with Crippen LogP contribution in [0.4, 0.5) is 0 Å².